The number of hydrogen-bond acceptors (Lipinski definition) is 0. The minimum atomic E-state index is 0. The van der Waals surface area contributed by atoms with Crippen LogP contribution in [-0.4, -0.2) is 66.1 Å². The molecule has 0 aromatic carbocycles. The summed E-state index contributed by atoms with van der Waals surface area (Å²) in [6.07, 6.45) is 0. The Bertz CT molecular complexity index is 13.5. The first-order valence-electron chi connectivity index (χ1n) is 0. The minimum Gasteiger partial charge on any atom is -1.00 e. The Balaban J connectivity index is 0. The molecule has 0 saturated heterocycles. The first-order chi connectivity index (χ1) is 0. The van der Waals surface area contributed by atoms with Gasteiger partial charge in [-0.1, -0.05) is 0 Å². The molecule has 4 heavy (non-hydrogen) atoms. The van der Waals surface area contributed by atoms with Crippen LogP contribution in [0.1, 0.15) is 2.85 Å². The Morgan fingerprint density at radius 2 is 1.25 bits per heavy atom. The van der Waals surface area contributed by atoms with E-state index in [1.807, 2.05) is 0 Å². The Labute approximate surface area is 81.3 Å². The summed E-state index contributed by atoms with van der Waals surface area (Å²) in [6.45, 7) is 0. The van der Waals surface area contributed by atoms with Crippen LogP contribution in [0, 0.1) is 0 Å². The summed E-state index contributed by atoms with van der Waals surface area (Å²) in [5.74, 6) is 0. The van der Waals surface area contributed by atoms with Gasteiger partial charge in [0.1, 0.15) is 0 Å². The Kier molecular flexibility index (Phi) is 150. The summed E-state index contributed by atoms with van der Waals surface area (Å²) >= 11 is 0. The van der Waals surface area contributed by atoms with E-state index >= 15 is 0 Å². The molecule has 0 saturated carbocycles. The van der Waals surface area contributed by atoms with Gasteiger partial charge in [0.2, 0.25) is 0 Å². The maximum atomic E-state index is 0. The van der Waals surface area contributed by atoms with Crippen LogP contribution in [-0.2, 0) is 0 Å². The van der Waals surface area contributed by atoms with Gasteiger partial charge in [0.15, 0.2) is 17.4 Å². The van der Waals surface area contributed by atoms with Crippen molar-refractivity contribution in [3.8, 4) is 0 Å². The fourth-order valence-electron chi connectivity index (χ4n) is 0. The third-order valence-corrected chi connectivity index (χ3v) is 0. The molecule has 0 unspecified atom stereocenters. The summed E-state index contributed by atoms with van der Waals surface area (Å²) < 4.78 is 0. The molecular weight excluding hydrogens is 127 g/mol. The van der Waals surface area contributed by atoms with Gasteiger partial charge >= 0.3 is 37.7 Å². The monoisotopic (exact) mass is 138 g/mol. The van der Waals surface area contributed by atoms with Gasteiger partial charge in [-0.2, -0.15) is 13.5 Å². The van der Waals surface area contributed by atoms with Gasteiger partial charge in [0, 0.05) is 0 Å². The topological polar surface area (TPSA) is 0 Å². The van der Waals surface area contributed by atoms with Gasteiger partial charge in [-0.15, -0.1) is 0 Å². The van der Waals surface area contributed by atoms with Gasteiger partial charge in [0.05, 0.1) is 0 Å². The molecule has 4 heteroatoms. The van der Waals surface area contributed by atoms with Crippen LogP contribution >= 0.6 is 13.5 Å². The molecule has 0 aliphatic heterocycles. The van der Waals surface area contributed by atoms with Crippen molar-refractivity contribution in [1.82, 2.24) is 0 Å². The molecule has 0 rings (SSSR count). The summed E-state index contributed by atoms with van der Waals surface area (Å²) in [5.41, 5.74) is 0. The number of rotatable bonds is 0. The molecule has 0 spiro atoms. The first-order valence-corrected chi connectivity index (χ1v) is 0. The molecule has 0 bridgehead atoms. The Hall–Kier alpha value is 2.36. The molecule has 0 aromatic heterocycles. The molecule has 0 radical (unpaired) electrons. The maximum Gasteiger partial charge on any atom is 2.00 e. The van der Waals surface area contributed by atoms with E-state index in [1.165, 1.54) is 0 Å². The van der Waals surface area contributed by atoms with E-state index in [4.69, 9.17) is 0 Å². The molecule has 0 aromatic rings. The summed E-state index contributed by atoms with van der Waals surface area (Å²) in [7, 11) is 0. The van der Waals surface area contributed by atoms with Gasteiger partial charge in [-0.3, -0.25) is 0 Å². The zero-order valence-corrected chi connectivity index (χ0v) is 4.42. The Morgan fingerprint density at radius 1 is 1.25 bits per heavy atom. The van der Waals surface area contributed by atoms with Crippen LogP contribution in [0.15, 0.2) is 0 Å². The van der Waals surface area contributed by atoms with E-state index in [-0.39, 0.29) is 82.4 Å². The van der Waals surface area contributed by atoms with Crippen molar-refractivity contribution in [2.45, 2.75) is 0 Å². The largest absolute Gasteiger partial charge is 2.00 e. The van der Waals surface area contributed by atoms with E-state index in [0.717, 1.165) is 0 Å². The van der Waals surface area contributed by atoms with E-state index in [9.17, 15) is 0 Å². The second-order valence-corrected chi connectivity index (χ2v) is 0. The average Bonchev–Trinajstić information content (AvgIpc) is 0. The van der Waals surface area contributed by atoms with E-state index in [0.29, 0.717) is 0 Å². The van der Waals surface area contributed by atoms with E-state index < -0.39 is 0 Å². The summed E-state index contributed by atoms with van der Waals surface area (Å²) in [5, 5.41) is 0. The summed E-state index contributed by atoms with van der Waals surface area (Å²) in [6, 6.07) is 0. The van der Waals surface area contributed by atoms with Crippen molar-refractivity contribution in [3.63, 3.8) is 0 Å². The van der Waals surface area contributed by atoms with Crippen LogP contribution in [0.3, 0.4) is 0 Å². The van der Waals surface area contributed by atoms with Crippen LogP contribution in [0.4, 0.5) is 0 Å². The smallest absolute Gasteiger partial charge is 1.00 e. The molecule has 0 N–H and O–H groups in total. The second kappa shape index (κ2) is 18.3. The van der Waals surface area contributed by atoms with E-state index in [1.54, 1.807) is 0 Å². The van der Waals surface area contributed by atoms with Gasteiger partial charge in [-0.25, -0.2) is 0 Å². The second-order valence-electron chi connectivity index (χ2n) is 0. The van der Waals surface area contributed by atoms with Crippen molar-refractivity contribution >= 4 is 79.6 Å². The molecule has 0 fully saturated rings. The first kappa shape index (κ1) is 32.8. The normalized spacial score (nSPS) is 0. The van der Waals surface area contributed by atoms with Crippen molar-refractivity contribution in [1.29, 1.82) is 0 Å². The molecule has 26 valence electrons. The predicted molar refractivity (Wildman–Crippen MR) is 39.6 cm³/mol. The predicted octanol–water partition coefficient (Wildman–Crippen LogP) is -2.68. The van der Waals surface area contributed by atoms with Crippen molar-refractivity contribution in [2.24, 2.45) is 0 Å². The molecule has 0 amide bonds. The van der Waals surface area contributed by atoms with Gasteiger partial charge < -0.3 is 2.85 Å². The third-order valence-electron chi connectivity index (χ3n) is 0. The fourth-order valence-corrected chi connectivity index (χ4v) is 0. The van der Waals surface area contributed by atoms with E-state index in [2.05, 4.69) is 0 Å². The van der Waals surface area contributed by atoms with Crippen LogP contribution in [0.25, 0.3) is 0 Å². The fraction of sp³-hybridized carbons (Fsp3) is 0. The third kappa shape index (κ3) is 8.84. The van der Waals surface area contributed by atoms with Crippen molar-refractivity contribution < 1.29 is 2.85 Å². The Morgan fingerprint density at radius 3 is 1.25 bits per heavy atom. The zero-order valence-electron chi connectivity index (χ0n) is 3.21. The van der Waals surface area contributed by atoms with Gasteiger partial charge in [-0.05, 0) is 11.0 Å². The summed E-state index contributed by atoms with van der Waals surface area (Å²) in [4.78, 5) is 0. The SMILES string of the molecule is S.[AlH3].[Ca+2].[H-].[H-].[SiH4]. The molecule has 0 aliphatic rings. The van der Waals surface area contributed by atoms with Crippen LogP contribution < -0.4 is 0 Å². The zero-order chi connectivity index (χ0) is 0. The van der Waals surface area contributed by atoms with Crippen LogP contribution in [0.5, 0.6) is 0 Å². The minimum absolute atomic E-state index is 0. The molecular formula is H11AlCaSSi. The molecule has 0 aliphatic carbocycles. The maximum absolute atomic E-state index is 0. The quantitative estimate of drug-likeness (QED) is 0.320. The molecule has 0 heterocycles. The van der Waals surface area contributed by atoms with Crippen molar-refractivity contribution in [2.75, 3.05) is 0 Å². The number of hydrogen-bond donors (Lipinski definition) is 0. The molecule has 0 atom stereocenters. The standard InChI is InChI=1S/Al.Ca.H2S.H4Si.5H/h;;1H2;1H4;;;;;/q;+2;;;;;;2*-1. The van der Waals surface area contributed by atoms with Crippen molar-refractivity contribution in [3.05, 3.63) is 0 Å². The average molecular weight is 138 g/mol. The van der Waals surface area contributed by atoms with Gasteiger partial charge in [0.25, 0.3) is 0 Å². The van der Waals surface area contributed by atoms with Crippen LogP contribution in [0.2, 0.25) is 0 Å². The molecule has 0 nitrogen and oxygen atoms in total.